The molecule has 0 radical (unpaired) electrons. The summed E-state index contributed by atoms with van der Waals surface area (Å²) < 4.78 is 11.0. The van der Waals surface area contributed by atoms with Crippen LogP contribution < -0.4 is 4.74 Å². The van der Waals surface area contributed by atoms with Crippen LogP contribution >= 0.6 is 11.3 Å². The molecular formula is C22H27N3O5S. The lowest BCUT2D eigenvalue weighted by Gasteiger charge is -2.35. The Balaban J connectivity index is 1.54. The van der Waals surface area contributed by atoms with Crippen molar-refractivity contribution in [1.82, 2.24) is 14.8 Å². The van der Waals surface area contributed by atoms with Gasteiger partial charge in [-0.25, -0.2) is 4.98 Å². The minimum Gasteiger partial charge on any atom is -0.493 e. The third-order valence-electron chi connectivity index (χ3n) is 4.99. The van der Waals surface area contributed by atoms with Gasteiger partial charge < -0.3 is 19.3 Å². The van der Waals surface area contributed by atoms with Gasteiger partial charge in [0.2, 0.25) is 5.91 Å². The average molecular weight is 446 g/mol. The Morgan fingerprint density at radius 3 is 2.48 bits per heavy atom. The maximum Gasteiger partial charge on any atom is 0.312 e. The monoisotopic (exact) mass is 445 g/mol. The fourth-order valence-electron chi connectivity index (χ4n) is 3.37. The molecule has 2 heterocycles. The summed E-state index contributed by atoms with van der Waals surface area (Å²) >= 11 is 1.43. The SMILES string of the molecule is CCOc1ccccc1-c1nc(CC(=O)OC(C)C(=O)N2CCN(C(C)=O)CC2)cs1. The molecule has 1 aliphatic heterocycles. The van der Waals surface area contributed by atoms with Crippen molar-refractivity contribution in [3.8, 4) is 16.3 Å². The number of benzene rings is 1. The second-order valence-corrected chi connectivity index (χ2v) is 8.07. The van der Waals surface area contributed by atoms with Crippen LogP contribution in [0.15, 0.2) is 29.6 Å². The summed E-state index contributed by atoms with van der Waals surface area (Å²) in [7, 11) is 0. The van der Waals surface area contributed by atoms with Crippen LogP contribution in [0.25, 0.3) is 10.6 Å². The van der Waals surface area contributed by atoms with Crippen LogP contribution in [0.5, 0.6) is 5.75 Å². The van der Waals surface area contributed by atoms with Gasteiger partial charge in [0.1, 0.15) is 10.8 Å². The molecule has 1 saturated heterocycles. The molecule has 1 aromatic heterocycles. The number of para-hydroxylation sites is 1. The number of ether oxygens (including phenoxy) is 2. The summed E-state index contributed by atoms with van der Waals surface area (Å²) in [5.41, 5.74) is 1.47. The summed E-state index contributed by atoms with van der Waals surface area (Å²) in [5, 5.41) is 2.58. The molecule has 0 bridgehead atoms. The van der Waals surface area contributed by atoms with Crippen LogP contribution in [-0.4, -0.2) is 71.5 Å². The van der Waals surface area contributed by atoms with Gasteiger partial charge in [-0.1, -0.05) is 12.1 Å². The minimum absolute atomic E-state index is 0.00177. The normalized spacial score (nSPS) is 14.8. The molecule has 166 valence electrons. The van der Waals surface area contributed by atoms with E-state index in [0.717, 1.165) is 16.3 Å². The molecule has 2 amide bonds. The molecule has 0 N–H and O–H groups in total. The molecule has 1 aliphatic rings. The molecule has 1 unspecified atom stereocenters. The number of carbonyl (C=O) groups is 3. The van der Waals surface area contributed by atoms with Crippen LogP contribution in [0.2, 0.25) is 0 Å². The Hall–Kier alpha value is -2.94. The molecule has 31 heavy (non-hydrogen) atoms. The van der Waals surface area contributed by atoms with Crippen molar-refractivity contribution >= 4 is 29.1 Å². The summed E-state index contributed by atoms with van der Waals surface area (Å²) in [4.78, 5) is 44.2. The first kappa shape index (κ1) is 22.7. The quantitative estimate of drug-likeness (QED) is 0.608. The number of amides is 2. The van der Waals surface area contributed by atoms with E-state index in [9.17, 15) is 14.4 Å². The summed E-state index contributed by atoms with van der Waals surface area (Å²) in [6.45, 7) is 7.43. The van der Waals surface area contributed by atoms with E-state index in [1.807, 2.05) is 36.6 Å². The van der Waals surface area contributed by atoms with Gasteiger partial charge in [0.05, 0.1) is 24.3 Å². The van der Waals surface area contributed by atoms with Crippen molar-refractivity contribution in [3.05, 3.63) is 35.3 Å². The number of nitrogens with zero attached hydrogens (tertiary/aromatic N) is 3. The fourth-order valence-corrected chi connectivity index (χ4v) is 4.22. The molecule has 2 aromatic rings. The van der Waals surface area contributed by atoms with E-state index in [2.05, 4.69) is 4.98 Å². The van der Waals surface area contributed by atoms with Crippen LogP contribution in [0, 0.1) is 0 Å². The molecule has 0 saturated carbocycles. The number of hydrogen-bond acceptors (Lipinski definition) is 7. The highest BCUT2D eigenvalue weighted by molar-refractivity contribution is 7.13. The predicted molar refractivity (Wildman–Crippen MR) is 117 cm³/mol. The highest BCUT2D eigenvalue weighted by Gasteiger charge is 2.28. The van der Waals surface area contributed by atoms with Gasteiger partial charge in [-0.15, -0.1) is 11.3 Å². The first-order valence-electron chi connectivity index (χ1n) is 10.3. The molecule has 0 aliphatic carbocycles. The van der Waals surface area contributed by atoms with Crippen LogP contribution in [-0.2, 0) is 25.5 Å². The smallest absolute Gasteiger partial charge is 0.312 e. The van der Waals surface area contributed by atoms with Gasteiger partial charge in [0, 0.05) is 38.5 Å². The number of carbonyl (C=O) groups excluding carboxylic acids is 3. The highest BCUT2D eigenvalue weighted by Crippen LogP contribution is 2.32. The van der Waals surface area contributed by atoms with E-state index in [-0.39, 0.29) is 18.2 Å². The molecule has 3 rings (SSSR count). The van der Waals surface area contributed by atoms with Crippen molar-refractivity contribution in [1.29, 1.82) is 0 Å². The lowest BCUT2D eigenvalue weighted by molar-refractivity contribution is -0.159. The zero-order valence-electron chi connectivity index (χ0n) is 18.0. The lowest BCUT2D eigenvalue weighted by Crippen LogP contribution is -2.52. The average Bonchev–Trinajstić information content (AvgIpc) is 3.21. The number of aromatic nitrogens is 1. The Kier molecular flexibility index (Phi) is 7.62. The number of piperazine rings is 1. The second kappa shape index (κ2) is 10.4. The Morgan fingerprint density at radius 1 is 1.13 bits per heavy atom. The van der Waals surface area contributed by atoms with Crippen LogP contribution in [0.1, 0.15) is 26.5 Å². The minimum atomic E-state index is -0.881. The molecule has 1 aromatic carbocycles. The van der Waals surface area contributed by atoms with Gasteiger partial charge >= 0.3 is 5.97 Å². The highest BCUT2D eigenvalue weighted by atomic mass is 32.1. The fraction of sp³-hybridized carbons (Fsp3) is 0.455. The predicted octanol–water partition coefficient (Wildman–Crippen LogP) is 2.37. The molecule has 1 fully saturated rings. The Morgan fingerprint density at radius 2 is 1.81 bits per heavy atom. The lowest BCUT2D eigenvalue weighted by atomic mass is 10.2. The maximum atomic E-state index is 12.6. The first-order valence-corrected chi connectivity index (χ1v) is 11.2. The largest absolute Gasteiger partial charge is 0.493 e. The molecule has 8 nitrogen and oxygen atoms in total. The second-order valence-electron chi connectivity index (χ2n) is 7.21. The molecule has 1 atom stereocenters. The number of thiazole rings is 1. The van der Waals surface area contributed by atoms with E-state index in [1.54, 1.807) is 16.7 Å². The van der Waals surface area contributed by atoms with Crippen molar-refractivity contribution in [3.63, 3.8) is 0 Å². The maximum absolute atomic E-state index is 12.6. The number of rotatable bonds is 7. The summed E-state index contributed by atoms with van der Waals surface area (Å²) in [6, 6.07) is 7.63. The first-order chi connectivity index (χ1) is 14.9. The van der Waals surface area contributed by atoms with Crippen molar-refractivity contribution in [2.75, 3.05) is 32.8 Å². The van der Waals surface area contributed by atoms with Gasteiger partial charge in [0.25, 0.3) is 5.91 Å². The Bertz CT molecular complexity index is 937. The summed E-state index contributed by atoms with van der Waals surface area (Å²) in [5.74, 6) is -0.00465. The van der Waals surface area contributed by atoms with Crippen molar-refractivity contribution < 1.29 is 23.9 Å². The van der Waals surface area contributed by atoms with Crippen LogP contribution in [0.3, 0.4) is 0 Å². The zero-order chi connectivity index (χ0) is 22.4. The van der Waals surface area contributed by atoms with E-state index in [1.165, 1.54) is 18.3 Å². The van der Waals surface area contributed by atoms with Gasteiger partial charge in [-0.3, -0.25) is 14.4 Å². The standard InChI is InChI=1S/C22H27N3O5S/c1-4-29-19-8-6-5-7-18(19)21-23-17(14-31-21)13-20(27)30-15(2)22(28)25-11-9-24(10-12-25)16(3)26/h5-8,14-15H,4,9-13H2,1-3H3. The van der Waals surface area contributed by atoms with Crippen LogP contribution in [0.4, 0.5) is 0 Å². The van der Waals surface area contributed by atoms with Gasteiger partial charge in [-0.2, -0.15) is 0 Å². The summed E-state index contributed by atoms with van der Waals surface area (Å²) in [6.07, 6.45) is -0.892. The number of hydrogen-bond donors (Lipinski definition) is 0. The van der Waals surface area contributed by atoms with E-state index < -0.39 is 12.1 Å². The third kappa shape index (κ3) is 5.81. The van der Waals surface area contributed by atoms with Gasteiger partial charge in [-0.05, 0) is 26.0 Å². The van der Waals surface area contributed by atoms with Crippen molar-refractivity contribution in [2.45, 2.75) is 33.3 Å². The Labute approximate surface area is 185 Å². The van der Waals surface area contributed by atoms with E-state index in [0.29, 0.717) is 38.5 Å². The molecular weight excluding hydrogens is 418 g/mol. The zero-order valence-corrected chi connectivity index (χ0v) is 18.8. The van der Waals surface area contributed by atoms with E-state index >= 15 is 0 Å². The molecule has 9 heteroatoms. The van der Waals surface area contributed by atoms with Gasteiger partial charge in [0.15, 0.2) is 6.10 Å². The molecule has 0 spiro atoms. The van der Waals surface area contributed by atoms with E-state index in [4.69, 9.17) is 9.47 Å². The topological polar surface area (TPSA) is 89.0 Å². The third-order valence-corrected chi connectivity index (χ3v) is 5.91. The van der Waals surface area contributed by atoms with Crippen molar-refractivity contribution in [2.24, 2.45) is 0 Å². The number of esters is 1.